The van der Waals surface area contributed by atoms with Crippen LogP contribution in [0.1, 0.15) is 5.56 Å². The number of nitrogens with zero attached hydrogens (tertiary/aromatic N) is 3. The molecule has 3 aromatic rings. The zero-order valence-electron chi connectivity index (χ0n) is 11.4. The van der Waals surface area contributed by atoms with Crippen molar-refractivity contribution in [3.8, 4) is 22.8 Å². The number of amidine groups is 1. The lowest BCUT2D eigenvalue weighted by atomic mass is 10.1. The van der Waals surface area contributed by atoms with Gasteiger partial charge in [0.2, 0.25) is 5.82 Å². The first-order chi connectivity index (χ1) is 10.7. The smallest absolute Gasteiger partial charge is 0.261 e. The zero-order chi connectivity index (χ0) is 15.5. The second kappa shape index (κ2) is 5.65. The maximum Gasteiger partial charge on any atom is 0.261 e. The molecule has 6 nitrogen and oxygen atoms in total. The highest BCUT2D eigenvalue weighted by atomic mass is 19.1. The van der Waals surface area contributed by atoms with Gasteiger partial charge < -0.3 is 16.1 Å². The minimum Gasteiger partial charge on any atom is -0.382 e. The van der Waals surface area contributed by atoms with Crippen molar-refractivity contribution >= 4 is 5.84 Å². The summed E-state index contributed by atoms with van der Waals surface area (Å²) in [6.07, 6.45) is 0. The van der Waals surface area contributed by atoms with Crippen LogP contribution < -0.4 is 11.6 Å². The second-order valence-corrected chi connectivity index (χ2v) is 4.50. The Morgan fingerprint density at radius 1 is 1.14 bits per heavy atom. The zero-order valence-corrected chi connectivity index (χ0v) is 11.4. The third-order valence-corrected chi connectivity index (χ3v) is 3.09. The summed E-state index contributed by atoms with van der Waals surface area (Å²) in [7, 11) is 0. The summed E-state index contributed by atoms with van der Waals surface area (Å²) in [4.78, 5) is 4.20. The summed E-state index contributed by atoms with van der Waals surface area (Å²) in [5.41, 5.74) is 6.89. The van der Waals surface area contributed by atoms with E-state index in [2.05, 4.69) is 15.2 Å². The van der Waals surface area contributed by atoms with Gasteiger partial charge in [0, 0.05) is 11.1 Å². The number of halogens is 1. The Labute approximate surface area is 125 Å². The Kier molecular flexibility index (Phi) is 3.53. The Morgan fingerprint density at radius 3 is 2.59 bits per heavy atom. The molecule has 7 heteroatoms. The maximum absolute atomic E-state index is 14.2. The van der Waals surface area contributed by atoms with Crippen molar-refractivity contribution in [2.45, 2.75) is 0 Å². The number of hydrogen-bond donors (Lipinski definition) is 2. The molecule has 0 atom stereocenters. The summed E-state index contributed by atoms with van der Waals surface area (Å²) in [6, 6.07) is 13.6. The molecule has 0 saturated heterocycles. The van der Waals surface area contributed by atoms with E-state index in [1.165, 1.54) is 12.1 Å². The van der Waals surface area contributed by atoms with Crippen molar-refractivity contribution in [1.29, 1.82) is 0 Å². The highest BCUT2D eigenvalue weighted by Gasteiger charge is 2.15. The minimum atomic E-state index is -0.549. The average Bonchev–Trinajstić information content (AvgIpc) is 3.04. The van der Waals surface area contributed by atoms with Gasteiger partial charge in [-0.3, -0.25) is 0 Å². The highest BCUT2D eigenvalue weighted by molar-refractivity contribution is 5.97. The van der Waals surface area contributed by atoms with Gasteiger partial charge in [-0.1, -0.05) is 41.6 Å². The third kappa shape index (κ3) is 2.51. The standard InChI is InChI=1S/C15H12FN5O/c16-12-8-10(13(17)20-18)6-7-11(12)15-19-14(21-22-15)9-4-2-1-3-5-9/h1-8H,18H2,(H2,17,20). The Bertz CT molecular complexity index is 829. The third-order valence-electron chi connectivity index (χ3n) is 3.09. The van der Waals surface area contributed by atoms with Gasteiger partial charge in [0.05, 0.1) is 5.56 Å². The molecule has 0 aliphatic heterocycles. The van der Waals surface area contributed by atoms with E-state index in [-0.39, 0.29) is 17.3 Å². The Balaban J connectivity index is 1.97. The van der Waals surface area contributed by atoms with Gasteiger partial charge in [-0.15, -0.1) is 0 Å². The second-order valence-electron chi connectivity index (χ2n) is 4.50. The predicted molar refractivity (Wildman–Crippen MR) is 80.0 cm³/mol. The largest absolute Gasteiger partial charge is 0.382 e. The maximum atomic E-state index is 14.2. The van der Waals surface area contributed by atoms with E-state index in [0.717, 1.165) is 5.56 Å². The number of nitrogens with two attached hydrogens (primary N) is 2. The molecule has 0 fully saturated rings. The quantitative estimate of drug-likeness (QED) is 0.333. The molecule has 0 aliphatic rings. The molecule has 0 unspecified atom stereocenters. The number of rotatable bonds is 3. The summed E-state index contributed by atoms with van der Waals surface area (Å²) >= 11 is 0. The first-order valence-corrected chi connectivity index (χ1v) is 6.42. The van der Waals surface area contributed by atoms with Crippen LogP contribution in [0.4, 0.5) is 4.39 Å². The Hall–Kier alpha value is -3.22. The lowest BCUT2D eigenvalue weighted by Gasteiger charge is -2.02. The van der Waals surface area contributed by atoms with E-state index in [0.29, 0.717) is 11.4 Å². The molecule has 0 aliphatic carbocycles. The number of hydrogen-bond acceptors (Lipinski definition) is 5. The molecule has 4 N–H and O–H groups in total. The molecule has 3 rings (SSSR count). The van der Waals surface area contributed by atoms with E-state index in [4.69, 9.17) is 16.1 Å². The first kappa shape index (κ1) is 13.7. The van der Waals surface area contributed by atoms with Gasteiger partial charge in [0.25, 0.3) is 5.89 Å². The predicted octanol–water partition coefficient (Wildman–Crippen LogP) is 2.12. The van der Waals surface area contributed by atoms with Gasteiger partial charge in [-0.05, 0) is 12.1 Å². The van der Waals surface area contributed by atoms with E-state index in [1.54, 1.807) is 6.07 Å². The number of benzene rings is 2. The normalized spacial score (nSPS) is 11.6. The van der Waals surface area contributed by atoms with Gasteiger partial charge in [0.15, 0.2) is 0 Å². The summed E-state index contributed by atoms with van der Waals surface area (Å²) in [5, 5.41) is 7.18. The molecule has 110 valence electrons. The van der Waals surface area contributed by atoms with Crippen molar-refractivity contribution in [2.75, 3.05) is 0 Å². The Morgan fingerprint density at radius 2 is 1.91 bits per heavy atom. The van der Waals surface area contributed by atoms with E-state index >= 15 is 0 Å². The van der Waals surface area contributed by atoms with Crippen LogP contribution in [-0.2, 0) is 0 Å². The van der Waals surface area contributed by atoms with Crippen LogP contribution in [0.5, 0.6) is 0 Å². The van der Waals surface area contributed by atoms with Crippen molar-refractivity contribution in [3.63, 3.8) is 0 Å². The summed E-state index contributed by atoms with van der Waals surface area (Å²) in [6.45, 7) is 0. The van der Waals surface area contributed by atoms with E-state index in [9.17, 15) is 4.39 Å². The van der Waals surface area contributed by atoms with Crippen LogP contribution in [0, 0.1) is 5.82 Å². The highest BCUT2D eigenvalue weighted by Crippen LogP contribution is 2.25. The fourth-order valence-electron chi connectivity index (χ4n) is 1.96. The number of hydrazone groups is 1. The van der Waals surface area contributed by atoms with E-state index < -0.39 is 5.82 Å². The van der Waals surface area contributed by atoms with Crippen LogP contribution in [0.3, 0.4) is 0 Å². The van der Waals surface area contributed by atoms with E-state index in [1.807, 2.05) is 30.3 Å². The van der Waals surface area contributed by atoms with Crippen LogP contribution >= 0.6 is 0 Å². The monoisotopic (exact) mass is 297 g/mol. The summed E-state index contributed by atoms with van der Waals surface area (Å²) < 4.78 is 19.3. The fraction of sp³-hybridized carbons (Fsp3) is 0. The van der Waals surface area contributed by atoms with Gasteiger partial charge in [-0.2, -0.15) is 10.1 Å². The van der Waals surface area contributed by atoms with Crippen LogP contribution in [-0.4, -0.2) is 16.0 Å². The molecule has 1 aromatic heterocycles. The molecule has 0 amide bonds. The lowest BCUT2D eigenvalue weighted by molar-refractivity contribution is 0.429. The average molecular weight is 297 g/mol. The lowest BCUT2D eigenvalue weighted by Crippen LogP contribution is -2.15. The SMILES string of the molecule is N/N=C(\N)c1ccc(-c2nc(-c3ccccc3)no2)c(F)c1. The van der Waals surface area contributed by atoms with Crippen molar-refractivity contribution in [2.24, 2.45) is 16.7 Å². The van der Waals surface area contributed by atoms with Crippen LogP contribution in [0.2, 0.25) is 0 Å². The van der Waals surface area contributed by atoms with Crippen molar-refractivity contribution < 1.29 is 8.91 Å². The van der Waals surface area contributed by atoms with Crippen molar-refractivity contribution in [3.05, 3.63) is 59.9 Å². The van der Waals surface area contributed by atoms with Crippen LogP contribution in [0.15, 0.2) is 58.2 Å². The molecule has 0 radical (unpaired) electrons. The summed E-state index contributed by atoms with van der Waals surface area (Å²) in [5.74, 6) is 5.04. The molecule has 2 aromatic carbocycles. The van der Waals surface area contributed by atoms with Gasteiger partial charge in [0.1, 0.15) is 11.7 Å². The van der Waals surface area contributed by atoms with Crippen molar-refractivity contribution in [1.82, 2.24) is 10.1 Å². The molecule has 1 heterocycles. The fourth-order valence-corrected chi connectivity index (χ4v) is 1.96. The molecule has 22 heavy (non-hydrogen) atoms. The molecule has 0 saturated carbocycles. The van der Waals surface area contributed by atoms with Gasteiger partial charge >= 0.3 is 0 Å². The first-order valence-electron chi connectivity index (χ1n) is 6.42. The molecular formula is C15H12FN5O. The minimum absolute atomic E-state index is 0.0425. The molecular weight excluding hydrogens is 285 g/mol. The number of aromatic nitrogens is 2. The molecule has 0 bridgehead atoms. The van der Waals surface area contributed by atoms with Gasteiger partial charge in [-0.25, -0.2) is 4.39 Å². The van der Waals surface area contributed by atoms with Crippen LogP contribution in [0.25, 0.3) is 22.8 Å². The topological polar surface area (TPSA) is 103 Å². The molecule has 0 spiro atoms.